The maximum Gasteiger partial charge on any atom is 0.182 e. The third-order valence-electron chi connectivity index (χ3n) is 3.53. The van der Waals surface area contributed by atoms with Gasteiger partial charge < -0.3 is 10.2 Å². The van der Waals surface area contributed by atoms with E-state index < -0.39 is 0 Å². The van der Waals surface area contributed by atoms with Crippen molar-refractivity contribution in [2.45, 2.75) is 13.8 Å². The van der Waals surface area contributed by atoms with E-state index in [9.17, 15) is 15.0 Å². The van der Waals surface area contributed by atoms with Gasteiger partial charge in [0.25, 0.3) is 0 Å². The van der Waals surface area contributed by atoms with Crippen molar-refractivity contribution in [3.63, 3.8) is 0 Å². The van der Waals surface area contributed by atoms with Gasteiger partial charge in [-0.25, -0.2) is 0 Å². The largest absolute Gasteiger partial charge is 0.507 e. The Morgan fingerprint density at radius 3 is 2.50 bits per heavy atom. The number of hydrogen-bond acceptors (Lipinski definition) is 3. The van der Waals surface area contributed by atoms with Crippen molar-refractivity contribution in [3.05, 3.63) is 76.9 Å². The van der Waals surface area contributed by atoms with Crippen molar-refractivity contribution in [1.29, 1.82) is 0 Å². The third kappa shape index (κ3) is 3.64. The predicted octanol–water partition coefficient (Wildman–Crippen LogP) is 4.19. The highest BCUT2D eigenvalue weighted by Crippen LogP contribution is 2.22. The highest BCUT2D eigenvalue weighted by molar-refractivity contribution is 6.05. The number of carbonyl (C=O) groups is 1. The maximum atomic E-state index is 11.9. The van der Waals surface area contributed by atoms with Crippen molar-refractivity contribution < 1.29 is 15.0 Å². The topological polar surface area (TPSA) is 57.5 Å². The second kappa shape index (κ2) is 6.76. The van der Waals surface area contributed by atoms with E-state index in [1.807, 2.05) is 32.0 Å². The molecule has 2 N–H and O–H groups in total. The number of carbonyl (C=O) groups excluding carboxylic acids is 1. The Bertz CT molecular complexity index is 755. The summed E-state index contributed by atoms with van der Waals surface area (Å²) < 4.78 is 0. The van der Waals surface area contributed by atoms with Gasteiger partial charge in [0.15, 0.2) is 5.78 Å². The number of ketones is 1. The summed E-state index contributed by atoms with van der Waals surface area (Å²) in [5, 5.41) is 19.6. The van der Waals surface area contributed by atoms with E-state index in [2.05, 4.69) is 0 Å². The maximum absolute atomic E-state index is 11.9. The molecule has 0 saturated carbocycles. The lowest BCUT2D eigenvalue weighted by Gasteiger charge is -2.03. The molecule has 2 rings (SSSR count). The van der Waals surface area contributed by atoms with Gasteiger partial charge in [0, 0.05) is 6.08 Å². The smallest absolute Gasteiger partial charge is 0.182 e. The summed E-state index contributed by atoms with van der Waals surface area (Å²) in [6.45, 7) is 4.01. The number of hydrogen-bond donors (Lipinski definition) is 2. The molecule has 112 valence electrons. The molecule has 0 aliphatic rings. The van der Waals surface area contributed by atoms with E-state index in [4.69, 9.17) is 0 Å². The molecule has 22 heavy (non-hydrogen) atoms. The second-order valence-corrected chi connectivity index (χ2v) is 5.07. The minimum atomic E-state index is -0.346. The number of rotatable bonds is 4. The van der Waals surface area contributed by atoms with Crippen LogP contribution in [0.1, 0.15) is 22.3 Å². The SMILES string of the molecule is Cc1cccc(/C=C/C(=O)/C=C(\O)c2ccccc2O)c1C. The van der Waals surface area contributed by atoms with Crippen LogP contribution in [0, 0.1) is 13.8 Å². The lowest BCUT2D eigenvalue weighted by Crippen LogP contribution is -1.92. The lowest BCUT2D eigenvalue weighted by atomic mass is 10.0. The first-order chi connectivity index (χ1) is 10.5. The Balaban J connectivity index is 2.19. The zero-order chi connectivity index (χ0) is 16.1. The molecule has 0 aliphatic carbocycles. The van der Waals surface area contributed by atoms with Gasteiger partial charge in [-0.05, 0) is 48.7 Å². The molecule has 0 fully saturated rings. The molecular weight excluding hydrogens is 276 g/mol. The van der Waals surface area contributed by atoms with Crippen molar-refractivity contribution >= 4 is 17.6 Å². The van der Waals surface area contributed by atoms with Crippen molar-refractivity contribution in [2.75, 3.05) is 0 Å². The number of aryl methyl sites for hydroxylation is 1. The van der Waals surface area contributed by atoms with Gasteiger partial charge in [-0.1, -0.05) is 36.4 Å². The molecule has 2 aromatic rings. The molecule has 0 radical (unpaired) electrons. The predicted molar refractivity (Wildman–Crippen MR) is 88.7 cm³/mol. The Kier molecular flexibility index (Phi) is 4.79. The standard InChI is InChI=1S/C19H18O3/c1-13-6-5-7-15(14(13)2)10-11-16(20)12-19(22)17-8-3-4-9-18(17)21/h3-12,21-22H,1-2H3/b11-10+,19-12-. The summed E-state index contributed by atoms with van der Waals surface area (Å²) in [5.41, 5.74) is 3.46. The van der Waals surface area contributed by atoms with Crippen LogP contribution >= 0.6 is 0 Å². The highest BCUT2D eigenvalue weighted by Gasteiger charge is 2.06. The average molecular weight is 294 g/mol. The van der Waals surface area contributed by atoms with Gasteiger partial charge in [0.05, 0.1) is 5.56 Å². The molecule has 0 heterocycles. The van der Waals surface area contributed by atoms with Crippen LogP contribution in [0.25, 0.3) is 11.8 Å². The monoisotopic (exact) mass is 294 g/mol. The number of phenolic OH excluding ortho intramolecular Hbond substituents is 1. The zero-order valence-corrected chi connectivity index (χ0v) is 12.6. The normalized spacial score (nSPS) is 11.8. The molecule has 3 heteroatoms. The van der Waals surface area contributed by atoms with Crippen molar-refractivity contribution in [3.8, 4) is 5.75 Å². The first-order valence-corrected chi connectivity index (χ1v) is 6.96. The number of aliphatic hydroxyl groups excluding tert-OH is 1. The van der Waals surface area contributed by atoms with Gasteiger partial charge in [0.2, 0.25) is 0 Å². The van der Waals surface area contributed by atoms with E-state index >= 15 is 0 Å². The minimum absolute atomic E-state index is 0.0671. The molecule has 0 aliphatic heterocycles. The second-order valence-electron chi connectivity index (χ2n) is 5.07. The van der Waals surface area contributed by atoms with E-state index in [0.29, 0.717) is 0 Å². The molecule has 0 spiro atoms. The Labute approximate surface area is 129 Å². The molecule has 0 saturated heterocycles. The van der Waals surface area contributed by atoms with Crippen LogP contribution in [0.2, 0.25) is 0 Å². The van der Waals surface area contributed by atoms with Gasteiger partial charge in [-0.3, -0.25) is 4.79 Å². The zero-order valence-electron chi connectivity index (χ0n) is 12.6. The number of phenols is 1. The van der Waals surface area contributed by atoms with Crippen LogP contribution in [-0.2, 0) is 4.79 Å². The van der Waals surface area contributed by atoms with Crippen LogP contribution < -0.4 is 0 Å². The number of para-hydroxylation sites is 1. The van der Waals surface area contributed by atoms with Gasteiger partial charge in [-0.15, -0.1) is 0 Å². The van der Waals surface area contributed by atoms with E-state index in [1.54, 1.807) is 24.3 Å². The Morgan fingerprint density at radius 1 is 1.05 bits per heavy atom. The number of benzene rings is 2. The fourth-order valence-corrected chi connectivity index (χ4v) is 2.08. The Morgan fingerprint density at radius 2 is 1.77 bits per heavy atom. The quantitative estimate of drug-likeness (QED) is 0.656. The highest BCUT2D eigenvalue weighted by atomic mass is 16.3. The van der Waals surface area contributed by atoms with Crippen LogP contribution in [-0.4, -0.2) is 16.0 Å². The van der Waals surface area contributed by atoms with Crippen LogP contribution in [0.5, 0.6) is 5.75 Å². The van der Waals surface area contributed by atoms with E-state index in [0.717, 1.165) is 22.8 Å². The molecule has 0 bridgehead atoms. The summed E-state index contributed by atoms with van der Waals surface area (Å²) in [4.78, 5) is 11.9. The number of aliphatic hydroxyl groups is 1. The van der Waals surface area contributed by atoms with Crippen molar-refractivity contribution in [1.82, 2.24) is 0 Å². The molecule has 0 amide bonds. The third-order valence-corrected chi connectivity index (χ3v) is 3.53. The van der Waals surface area contributed by atoms with Crippen LogP contribution in [0.15, 0.2) is 54.6 Å². The van der Waals surface area contributed by atoms with Crippen molar-refractivity contribution in [2.24, 2.45) is 0 Å². The fourth-order valence-electron chi connectivity index (χ4n) is 2.08. The first kappa shape index (κ1) is 15.6. The molecule has 0 aromatic heterocycles. The number of aromatic hydroxyl groups is 1. The lowest BCUT2D eigenvalue weighted by molar-refractivity contribution is -0.110. The van der Waals surface area contributed by atoms with Gasteiger partial charge >= 0.3 is 0 Å². The summed E-state index contributed by atoms with van der Waals surface area (Å²) in [5.74, 6) is -0.669. The summed E-state index contributed by atoms with van der Waals surface area (Å²) >= 11 is 0. The van der Waals surface area contributed by atoms with Gasteiger partial charge in [0.1, 0.15) is 11.5 Å². The first-order valence-electron chi connectivity index (χ1n) is 6.96. The fraction of sp³-hybridized carbons (Fsp3) is 0.105. The summed E-state index contributed by atoms with van der Waals surface area (Å²) in [6.07, 6.45) is 4.22. The number of allylic oxidation sites excluding steroid dienone is 2. The Hall–Kier alpha value is -2.81. The minimum Gasteiger partial charge on any atom is -0.507 e. The summed E-state index contributed by atoms with van der Waals surface area (Å²) in [6, 6.07) is 12.2. The molecule has 0 unspecified atom stereocenters. The molecule has 0 atom stereocenters. The van der Waals surface area contributed by atoms with E-state index in [1.165, 1.54) is 12.1 Å². The molecule has 2 aromatic carbocycles. The van der Waals surface area contributed by atoms with E-state index in [-0.39, 0.29) is 22.9 Å². The van der Waals surface area contributed by atoms with Crippen LogP contribution in [0.4, 0.5) is 0 Å². The molecule has 3 nitrogen and oxygen atoms in total. The average Bonchev–Trinajstić information content (AvgIpc) is 2.49. The summed E-state index contributed by atoms with van der Waals surface area (Å²) in [7, 11) is 0. The molecular formula is C19H18O3. The van der Waals surface area contributed by atoms with Gasteiger partial charge in [-0.2, -0.15) is 0 Å². The van der Waals surface area contributed by atoms with Crippen LogP contribution in [0.3, 0.4) is 0 Å².